The number of aliphatic hydroxyl groups excluding tert-OH is 2. The van der Waals surface area contributed by atoms with Gasteiger partial charge in [0.15, 0.2) is 5.78 Å². The number of ketones is 1. The van der Waals surface area contributed by atoms with Gasteiger partial charge in [-0.3, -0.25) is 9.59 Å². The molecule has 0 aliphatic carbocycles. The lowest BCUT2D eigenvalue weighted by Crippen LogP contribution is -2.54. The number of nitrogens with two attached hydrogens (primary N) is 2. The Morgan fingerprint density at radius 1 is 1.27 bits per heavy atom. The quantitative estimate of drug-likeness (QED) is 0.317. The largest absolute Gasteiger partial charge is 0.394 e. The van der Waals surface area contributed by atoms with E-state index < -0.39 is 43.0 Å². The third-order valence-corrected chi connectivity index (χ3v) is 1.82. The summed E-state index contributed by atoms with van der Waals surface area (Å²) in [5.41, 5.74) is 10.5. The summed E-state index contributed by atoms with van der Waals surface area (Å²) in [6, 6.07) is -3.02. The summed E-state index contributed by atoms with van der Waals surface area (Å²) in [4.78, 5) is 22.5. The van der Waals surface area contributed by atoms with Crippen molar-refractivity contribution in [1.82, 2.24) is 5.32 Å². The molecule has 0 unspecified atom stereocenters. The molecule has 0 saturated carbocycles. The maximum Gasteiger partial charge on any atom is 0.237 e. The van der Waals surface area contributed by atoms with Gasteiger partial charge in [0.05, 0.1) is 25.3 Å². The lowest BCUT2D eigenvalue weighted by atomic mass is 10.1. The normalized spacial score (nSPS) is 16.6. The van der Waals surface area contributed by atoms with Crippen molar-refractivity contribution in [2.24, 2.45) is 11.5 Å². The molecule has 15 heavy (non-hydrogen) atoms. The number of nitrogens with one attached hydrogen (secondary N) is 1. The maximum atomic E-state index is 11.4. The molecule has 7 N–H and O–H groups in total. The first-order chi connectivity index (χ1) is 6.93. The molecule has 7 nitrogen and oxygen atoms in total. The maximum absolute atomic E-state index is 11.4. The van der Waals surface area contributed by atoms with E-state index in [4.69, 9.17) is 21.7 Å². The highest BCUT2D eigenvalue weighted by Crippen LogP contribution is 1.91. The van der Waals surface area contributed by atoms with Gasteiger partial charge < -0.3 is 27.0 Å². The summed E-state index contributed by atoms with van der Waals surface area (Å²) in [6.07, 6.45) is 0. The van der Waals surface area contributed by atoms with Gasteiger partial charge in [0.1, 0.15) is 6.04 Å². The number of hydrogen-bond donors (Lipinski definition) is 5. The molecule has 3 atom stereocenters. The number of amides is 1. The molecule has 0 fully saturated rings. The number of carbonyl (C=O) groups excluding carboxylic acids is 2. The van der Waals surface area contributed by atoms with E-state index in [0.717, 1.165) is 0 Å². The summed E-state index contributed by atoms with van der Waals surface area (Å²) in [5, 5.41) is 19.7. The summed E-state index contributed by atoms with van der Waals surface area (Å²) >= 11 is 0. The molecule has 0 aliphatic heterocycles. The average Bonchev–Trinajstić information content (AvgIpc) is 2.23. The molecule has 0 radical (unpaired) electrons. The van der Waals surface area contributed by atoms with Gasteiger partial charge in [-0.2, -0.15) is 0 Å². The number of carbonyl (C=O) groups is 2. The van der Waals surface area contributed by atoms with Crippen molar-refractivity contribution in [3.05, 3.63) is 0 Å². The first-order valence-corrected chi connectivity index (χ1v) is 4.51. The van der Waals surface area contributed by atoms with E-state index in [9.17, 15) is 9.59 Å². The molecule has 1 amide bonds. The Hall–Kier alpha value is -1.02. The van der Waals surface area contributed by atoms with Crippen LogP contribution in [0.25, 0.3) is 0 Å². The molecule has 0 aromatic carbocycles. The van der Waals surface area contributed by atoms with Crippen LogP contribution in [0.15, 0.2) is 0 Å². The number of hydrogen-bond acceptors (Lipinski definition) is 6. The molecule has 0 aliphatic rings. The first kappa shape index (κ1) is 14.0. The van der Waals surface area contributed by atoms with Crippen molar-refractivity contribution in [3.63, 3.8) is 0 Å². The second-order valence-electron chi connectivity index (χ2n) is 3.22. The van der Waals surface area contributed by atoms with Crippen LogP contribution in [0.1, 0.15) is 6.92 Å². The number of Topliss-reactive ketones (excluding diaryl/α,β-unsaturated/α-hetero) is 1. The Balaban J connectivity index is 4.37. The number of aliphatic hydroxyl groups is 2. The summed E-state index contributed by atoms with van der Waals surface area (Å²) in [6.45, 7) is 0.328. The molecule has 0 heterocycles. The van der Waals surface area contributed by atoms with E-state index in [1.807, 2.05) is 0 Å². The van der Waals surface area contributed by atoms with Gasteiger partial charge in [-0.1, -0.05) is 0 Å². The highest BCUT2D eigenvalue weighted by Gasteiger charge is 2.25. The monoisotopic (exact) mass is 219 g/mol. The molecular weight excluding hydrogens is 202 g/mol. The van der Waals surface area contributed by atoms with Gasteiger partial charge in [0, 0.05) is 0 Å². The Kier molecular flexibility index (Phi) is 6.02. The Morgan fingerprint density at radius 2 is 1.80 bits per heavy atom. The van der Waals surface area contributed by atoms with Gasteiger partial charge >= 0.3 is 0 Å². The van der Waals surface area contributed by atoms with Crippen LogP contribution in [0.3, 0.4) is 0 Å². The predicted molar refractivity (Wildman–Crippen MR) is 52.7 cm³/mol. The zero-order valence-corrected chi connectivity index (χ0v) is 8.51. The van der Waals surface area contributed by atoms with E-state index in [1.54, 1.807) is 0 Å². The second-order valence-corrected chi connectivity index (χ2v) is 3.22. The molecule has 0 spiro atoms. The van der Waals surface area contributed by atoms with Crippen LogP contribution < -0.4 is 16.8 Å². The van der Waals surface area contributed by atoms with Gasteiger partial charge in [-0.05, 0) is 6.92 Å². The van der Waals surface area contributed by atoms with Crippen molar-refractivity contribution in [2.75, 3.05) is 13.2 Å². The van der Waals surface area contributed by atoms with Crippen LogP contribution >= 0.6 is 0 Å². The van der Waals surface area contributed by atoms with E-state index in [1.165, 1.54) is 6.92 Å². The summed E-state index contributed by atoms with van der Waals surface area (Å²) < 4.78 is 0. The van der Waals surface area contributed by atoms with Gasteiger partial charge in [0.25, 0.3) is 0 Å². The fourth-order valence-electron chi connectivity index (χ4n) is 0.858. The molecule has 0 bridgehead atoms. The predicted octanol–water partition coefficient (Wildman–Crippen LogP) is -3.30. The minimum Gasteiger partial charge on any atom is -0.394 e. The van der Waals surface area contributed by atoms with Crippen molar-refractivity contribution in [3.8, 4) is 0 Å². The molecule has 0 aromatic rings. The van der Waals surface area contributed by atoms with Crippen LogP contribution in [0.4, 0.5) is 0 Å². The first-order valence-electron chi connectivity index (χ1n) is 4.51. The van der Waals surface area contributed by atoms with E-state index in [-0.39, 0.29) is 0 Å². The van der Waals surface area contributed by atoms with Crippen LogP contribution in [0, 0.1) is 0 Å². The van der Waals surface area contributed by atoms with E-state index in [2.05, 4.69) is 5.32 Å². The van der Waals surface area contributed by atoms with Crippen LogP contribution in [-0.2, 0) is 9.59 Å². The molecule has 0 saturated heterocycles. The molecule has 0 rings (SSSR count). The number of rotatable bonds is 6. The fourth-order valence-corrected chi connectivity index (χ4v) is 0.858. The molecule has 88 valence electrons. The fraction of sp³-hybridized carbons (Fsp3) is 0.750. The van der Waals surface area contributed by atoms with Gasteiger partial charge in [0.2, 0.25) is 5.91 Å². The minimum absolute atomic E-state index is 0.538. The van der Waals surface area contributed by atoms with E-state index >= 15 is 0 Å². The van der Waals surface area contributed by atoms with Gasteiger partial charge in [-0.25, -0.2) is 0 Å². The lowest BCUT2D eigenvalue weighted by molar-refractivity contribution is -0.130. The SMILES string of the molecule is C[C@@H](N)C(=O)N[C@@H](CO)C(=O)[C@@H](N)CO. The zero-order valence-electron chi connectivity index (χ0n) is 8.51. The van der Waals surface area contributed by atoms with Gasteiger partial charge in [-0.15, -0.1) is 0 Å². The molecule has 7 heteroatoms. The lowest BCUT2D eigenvalue weighted by Gasteiger charge is -2.19. The van der Waals surface area contributed by atoms with Crippen LogP contribution in [0.2, 0.25) is 0 Å². The molecule has 0 aromatic heterocycles. The average molecular weight is 219 g/mol. The minimum atomic E-state index is -1.12. The third kappa shape index (κ3) is 4.34. The third-order valence-electron chi connectivity index (χ3n) is 1.82. The van der Waals surface area contributed by atoms with E-state index in [0.29, 0.717) is 0 Å². The van der Waals surface area contributed by atoms with Crippen molar-refractivity contribution < 1.29 is 19.8 Å². The van der Waals surface area contributed by atoms with Crippen molar-refractivity contribution in [2.45, 2.75) is 25.0 Å². The second kappa shape index (κ2) is 6.46. The Labute approximate surface area is 87.4 Å². The smallest absolute Gasteiger partial charge is 0.237 e. The summed E-state index contributed by atoms with van der Waals surface area (Å²) in [5.74, 6) is -1.19. The topological polar surface area (TPSA) is 139 Å². The Morgan fingerprint density at radius 3 is 2.13 bits per heavy atom. The van der Waals surface area contributed by atoms with Crippen LogP contribution in [-0.4, -0.2) is 53.2 Å². The van der Waals surface area contributed by atoms with Crippen LogP contribution in [0.5, 0.6) is 0 Å². The summed E-state index contributed by atoms with van der Waals surface area (Å²) in [7, 11) is 0. The Bertz CT molecular complexity index is 232. The molecular formula is C8H17N3O4. The highest BCUT2D eigenvalue weighted by molar-refractivity contribution is 5.93. The van der Waals surface area contributed by atoms with Crippen molar-refractivity contribution >= 4 is 11.7 Å². The standard InChI is InChI=1S/C8H17N3O4/c1-4(9)8(15)11-6(3-13)7(14)5(10)2-12/h4-6,12-13H,2-3,9-10H2,1H3,(H,11,15)/t4-,5+,6+/m1/s1. The zero-order chi connectivity index (χ0) is 12.0. The highest BCUT2D eigenvalue weighted by atomic mass is 16.3. The van der Waals surface area contributed by atoms with Crippen molar-refractivity contribution in [1.29, 1.82) is 0 Å².